The van der Waals surface area contributed by atoms with Crippen molar-refractivity contribution < 1.29 is 23.8 Å². The fraction of sp³-hybridized carbons (Fsp3) is 0.658. The Kier molecular flexibility index (Phi) is 19.0. The number of alkyl carbamates (subject to hydrolysis) is 1. The third-order valence-electron chi connectivity index (χ3n) is 8.81. The highest BCUT2D eigenvalue weighted by molar-refractivity contribution is 5.81. The van der Waals surface area contributed by atoms with Gasteiger partial charge in [-0.1, -0.05) is 135 Å². The van der Waals surface area contributed by atoms with E-state index < -0.39 is 23.7 Å². The molecule has 1 aromatic carbocycles. The second-order valence-corrected chi connectivity index (χ2v) is 13.6. The van der Waals surface area contributed by atoms with E-state index in [1.807, 2.05) is 44.2 Å². The van der Waals surface area contributed by atoms with Crippen LogP contribution in [-0.4, -0.2) is 57.4 Å². The lowest BCUT2D eigenvalue weighted by Crippen LogP contribution is -2.46. The first-order valence-corrected chi connectivity index (χ1v) is 18.7. The summed E-state index contributed by atoms with van der Waals surface area (Å²) in [5.74, 6) is -1.09. The Morgan fingerprint density at radius 3 is 2.12 bits per heavy atom. The number of H-pyrrole nitrogens is 1. The van der Waals surface area contributed by atoms with Gasteiger partial charge in [0.15, 0.2) is 11.2 Å². The largest absolute Gasteiger partial charge is 0.464 e. The average Bonchev–Trinajstić information content (AvgIpc) is 3.50. The fourth-order valence-corrected chi connectivity index (χ4v) is 5.86. The van der Waals surface area contributed by atoms with Crippen LogP contribution in [0, 0.1) is 11.8 Å². The number of anilines is 1. The van der Waals surface area contributed by atoms with Crippen LogP contribution in [0.5, 0.6) is 0 Å². The van der Waals surface area contributed by atoms with E-state index in [1.54, 1.807) is 4.57 Å². The lowest BCUT2D eigenvalue weighted by molar-refractivity contribution is -0.149. The van der Waals surface area contributed by atoms with Crippen molar-refractivity contribution in [3.05, 3.63) is 52.6 Å². The molecule has 0 bridgehead atoms. The van der Waals surface area contributed by atoms with Gasteiger partial charge in [-0.25, -0.2) is 14.6 Å². The molecule has 50 heavy (non-hydrogen) atoms. The third-order valence-corrected chi connectivity index (χ3v) is 8.81. The van der Waals surface area contributed by atoms with Gasteiger partial charge in [-0.2, -0.15) is 4.98 Å². The van der Waals surface area contributed by atoms with Gasteiger partial charge in [0.1, 0.15) is 12.6 Å². The molecule has 12 nitrogen and oxygen atoms in total. The van der Waals surface area contributed by atoms with Crippen LogP contribution < -0.4 is 16.6 Å². The number of aromatic nitrogens is 4. The summed E-state index contributed by atoms with van der Waals surface area (Å²) < 4.78 is 18.8. The topological polar surface area (TPSA) is 163 Å². The van der Waals surface area contributed by atoms with Crippen LogP contribution >= 0.6 is 0 Å². The van der Waals surface area contributed by atoms with Crippen LogP contribution in [0.1, 0.15) is 116 Å². The number of esters is 1. The maximum absolute atomic E-state index is 13.2. The number of ether oxygens (including phenoxy) is 3. The Morgan fingerprint density at radius 1 is 0.880 bits per heavy atom. The number of carbonyl (C=O) groups excluding carboxylic acids is 2. The van der Waals surface area contributed by atoms with E-state index in [2.05, 4.69) is 27.2 Å². The number of imidazole rings is 1. The summed E-state index contributed by atoms with van der Waals surface area (Å²) in [5, 5.41) is 2.65. The molecule has 0 saturated heterocycles. The normalized spacial score (nSPS) is 12.6. The summed E-state index contributed by atoms with van der Waals surface area (Å²) in [4.78, 5) is 49.0. The lowest BCUT2D eigenvalue weighted by atomic mass is 10.0. The molecule has 3 aromatic rings. The molecule has 2 aromatic heterocycles. The Morgan fingerprint density at radius 2 is 1.50 bits per heavy atom. The van der Waals surface area contributed by atoms with Crippen LogP contribution in [0.3, 0.4) is 0 Å². The number of nitrogens with one attached hydrogen (secondary N) is 2. The van der Waals surface area contributed by atoms with Gasteiger partial charge < -0.3 is 29.8 Å². The molecule has 2 atom stereocenters. The SMILES string of the molecule is CCCCCCCCCCCCCCCCOCC(COC(=O)[C@@H](NC(=O)OCc1ccccc1)C(C)C)Cn1cnc2c(=O)[nH]c(N)nc21. The van der Waals surface area contributed by atoms with Crippen molar-refractivity contribution in [1.29, 1.82) is 0 Å². The molecule has 278 valence electrons. The maximum Gasteiger partial charge on any atom is 0.408 e. The number of nitrogens with two attached hydrogens (primary N) is 1. The molecule has 0 aliphatic carbocycles. The molecule has 12 heteroatoms. The standard InChI is InChI=1S/C38H60N6O6/c1-4-5-6-7-8-9-10-11-12-13-14-15-16-20-23-48-25-31(24-44-28-40-33-34(44)42-37(39)43-35(33)45)27-49-36(46)32(29(2)3)41-38(47)50-26-30-21-18-17-19-22-30/h17-19,21-22,28-29,31-32H,4-16,20,23-27H2,1-3H3,(H,41,47)(H3,39,42,43,45)/t31?,32-/m0/s1. The smallest absolute Gasteiger partial charge is 0.408 e. The lowest BCUT2D eigenvalue weighted by Gasteiger charge is -2.23. The minimum absolute atomic E-state index is 0.00807. The Balaban J connectivity index is 1.44. The van der Waals surface area contributed by atoms with E-state index in [0.29, 0.717) is 25.4 Å². The molecule has 4 N–H and O–H groups in total. The zero-order valence-corrected chi connectivity index (χ0v) is 30.5. The van der Waals surface area contributed by atoms with E-state index in [9.17, 15) is 14.4 Å². The van der Waals surface area contributed by atoms with E-state index in [4.69, 9.17) is 19.9 Å². The summed E-state index contributed by atoms with van der Waals surface area (Å²) >= 11 is 0. The molecular formula is C38H60N6O6. The van der Waals surface area contributed by atoms with Gasteiger partial charge in [0.05, 0.1) is 19.5 Å². The van der Waals surface area contributed by atoms with Crippen LogP contribution in [0.15, 0.2) is 41.5 Å². The van der Waals surface area contributed by atoms with Gasteiger partial charge in [0.25, 0.3) is 5.56 Å². The van der Waals surface area contributed by atoms with Gasteiger partial charge in [-0.05, 0) is 17.9 Å². The summed E-state index contributed by atoms with van der Waals surface area (Å²) in [7, 11) is 0. The van der Waals surface area contributed by atoms with Crippen LogP contribution in [0.4, 0.5) is 10.7 Å². The van der Waals surface area contributed by atoms with Crippen molar-refractivity contribution >= 4 is 29.2 Å². The number of nitrogen functional groups attached to an aromatic ring is 1. The summed E-state index contributed by atoms with van der Waals surface area (Å²) in [6.07, 6.45) is 18.9. The van der Waals surface area contributed by atoms with E-state index >= 15 is 0 Å². The zero-order chi connectivity index (χ0) is 36.0. The van der Waals surface area contributed by atoms with E-state index in [1.165, 1.54) is 83.4 Å². The van der Waals surface area contributed by atoms with Crippen molar-refractivity contribution in [2.45, 2.75) is 130 Å². The quantitative estimate of drug-likeness (QED) is 0.0577. The van der Waals surface area contributed by atoms with Crippen molar-refractivity contribution in [3.8, 4) is 0 Å². The Labute approximate surface area is 297 Å². The number of carbonyl (C=O) groups is 2. The molecule has 0 spiro atoms. The van der Waals surface area contributed by atoms with Gasteiger partial charge in [0, 0.05) is 19.1 Å². The first-order valence-electron chi connectivity index (χ1n) is 18.7. The number of nitrogens with zero attached hydrogens (tertiary/aromatic N) is 3. The van der Waals surface area contributed by atoms with Gasteiger partial charge in [0.2, 0.25) is 5.95 Å². The van der Waals surface area contributed by atoms with Crippen molar-refractivity contribution in [2.24, 2.45) is 11.8 Å². The molecule has 0 saturated carbocycles. The van der Waals surface area contributed by atoms with Crippen molar-refractivity contribution in [2.75, 3.05) is 25.6 Å². The number of fused-ring (bicyclic) bond motifs is 1. The molecule has 0 fully saturated rings. The summed E-state index contributed by atoms with van der Waals surface area (Å²) in [6, 6.07) is 8.42. The fourth-order valence-electron chi connectivity index (χ4n) is 5.86. The van der Waals surface area contributed by atoms with Gasteiger partial charge in [-0.3, -0.25) is 9.78 Å². The second kappa shape index (κ2) is 23.5. The maximum atomic E-state index is 13.2. The number of amides is 1. The molecule has 0 radical (unpaired) electrons. The van der Waals surface area contributed by atoms with Gasteiger partial charge >= 0.3 is 12.1 Å². The summed E-state index contributed by atoms with van der Waals surface area (Å²) in [6.45, 7) is 7.28. The average molecular weight is 697 g/mol. The van der Waals surface area contributed by atoms with Crippen molar-refractivity contribution in [3.63, 3.8) is 0 Å². The first kappa shape index (κ1) is 40.5. The molecular weight excluding hydrogens is 636 g/mol. The highest BCUT2D eigenvalue weighted by Gasteiger charge is 2.28. The number of hydrogen-bond acceptors (Lipinski definition) is 9. The number of hydrogen-bond donors (Lipinski definition) is 3. The van der Waals surface area contributed by atoms with Crippen molar-refractivity contribution in [1.82, 2.24) is 24.8 Å². The third kappa shape index (κ3) is 15.3. The Bertz CT molecular complexity index is 1440. The van der Waals surface area contributed by atoms with E-state index in [-0.39, 0.29) is 36.5 Å². The predicted octanol–water partition coefficient (Wildman–Crippen LogP) is 7.31. The van der Waals surface area contributed by atoms with Gasteiger partial charge in [-0.15, -0.1) is 0 Å². The molecule has 2 heterocycles. The number of aromatic amines is 1. The highest BCUT2D eigenvalue weighted by atomic mass is 16.6. The summed E-state index contributed by atoms with van der Waals surface area (Å²) in [5.41, 5.74) is 6.73. The molecule has 1 amide bonds. The molecule has 0 aliphatic heterocycles. The zero-order valence-electron chi connectivity index (χ0n) is 30.5. The molecule has 3 rings (SSSR count). The number of rotatable bonds is 26. The molecule has 1 unspecified atom stereocenters. The van der Waals surface area contributed by atoms with Crippen LogP contribution in [-0.2, 0) is 32.2 Å². The minimum Gasteiger partial charge on any atom is -0.464 e. The number of benzene rings is 1. The van der Waals surface area contributed by atoms with Crippen LogP contribution in [0.2, 0.25) is 0 Å². The Hall–Kier alpha value is -3.93. The number of unbranched alkanes of at least 4 members (excludes halogenated alkanes) is 13. The van der Waals surface area contributed by atoms with Crippen LogP contribution in [0.25, 0.3) is 11.2 Å². The predicted molar refractivity (Wildman–Crippen MR) is 197 cm³/mol. The first-order chi connectivity index (χ1) is 24.3. The minimum atomic E-state index is -0.899. The van der Waals surface area contributed by atoms with E-state index in [0.717, 1.165) is 18.4 Å². The monoisotopic (exact) mass is 696 g/mol. The second-order valence-electron chi connectivity index (χ2n) is 13.6. The highest BCUT2D eigenvalue weighted by Crippen LogP contribution is 2.15. The molecule has 0 aliphatic rings.